The van der Waals surface area contributed by atoms with E-state index in [4.69, 9.17) is 16.3 Å². The largest absolute Gasteiger partial charge is 0.455 e. The van der Waals surface area contributed by atoms with E-state index in [1.807, 2.05) is 18.2 Å². The number of halogens is 1. The van der Waals surface area contributed by atoms with Gasteiger partial charge in [0.05, 0.1) is 32.7 Å². The summed E-state index contributed by atoms with van der Waals surface area (Å²) in [6.45, 7) is 9.67. The van der Waals surface area contributed by atoms with Gasteiger partial charge < -0.3 is 24.8 Å². The average Bonchev–Trinajstić information content (AvgIpc) is 1.93. The molecule has 5 aliphatic rings. The maximum Gasteiger partial charge on any atom is 0.293 e. The van der Waals surface area contributed by atoms with Crippen molar-refractivity contribution in [2.45, 2.75) is 89.0 Å². The Morgan fingerprint density at radius 1 is 0.908 bits per heavy atom. The lowest BCUT2D eigenvalue weighted by molar-refractivity contribution is -0.384. The molecule has 0 saturated carbocycles. The van der Waals surface area contributed by atoms with Crippen LogP contribution in [-0.2, 0) is 24.4 Å². The summed E-state index contributed by atoms with van der Waals surface area (Å²) in [7, 11) is -4.68. The first-order valence-electron chi connectivity index (χ1n) is 29.2. The predicted octanol–water partition coefficient (Wildman–Crippen LogP) is 9.10. The molecule has 87 heavy (non-hydrogen) atoms. The van der Waals surface area contributed by atoms with Crippen LogP contribution in [0.4, 0.5) is 17.1 Å². The van der Waals surface area contributed by atoms with Crippen molar-refractivity contribution in [3.05, 3.63) is 152 Å². The van der Waals surface area contributed by atoms with Crippen molar-refractivity contribution in [1.29, 1.82) is 0 Å². The normalized spacial score (nSPS) is 18.3. The molecule has 6 heterocycles. The number of fused-ring (bicyclic) bond motifs is 2. The van der Waals surface area contributed by atoms with Gasteiger partial charge in [-0.3, -0.25) is 54.0 Å². The van der Waals surface area contributed by atoms with Gasteiger partial charge in [0.15, 0.2) is 0 Å². The van der Waals surface area contributed by atoms with E-state index in [0.717, 1.165) is 60.9 Å². The van der Waals surface area contributed by atoms with Crippen LogP contribution in [0.3, 0.4) is 0 Å². The number of nitro groups is 1. The minimum Gasteiger partial charge on any atom is -0.455 e. The summed E-state index contributed by atoms with van der Waals surface area (Å²) in [6, 6.07) is 23.7. The number of likely N-dealkylation sites (tertiary alicyclic amines) is 1. The van der Waals surface area contributed by atoms with Gasteiger partial charge in [0, 0.05) is 112 Å². The van der Waals surface area contributed by atoms with Crippen LogP contribution in [0, 0.1) is 33.3 Å². The highest BCUT2D eigenvalue weighted by molar-refractivity contribution is 7.90. The summed E-state index contributed by atoms with van der Waals surface area (Å²) < 4.78 is 36.4. The van der Waals surface area contributed by atoms with E-state index in [9.17, 15) is 47.3 Å². The average molecular weight is 1220 g/mol. The Morgan fingerprint density at radius 3 is 2.45 bits per heavy atom. The molecule has 4 aliphatic heterocycles. The van der Waals surface area contributed by atoms with Crippen molar-refractivity contribution in [2.75, 3.05) is 62.6 Å². The third-order valence-electron chi connectivity index (χ3n) is 17.0. The lowest BCUT2D eigenvalue weighted by Gasteiger charge is -2.39. The molecule has 2 aromatic heterocycles. The van der Waals surface area contributed by atoms with Crippen LogP contribution >= 0.6 is 11.6 Å². The zero-order chi connectivity index (χ0) is 61.1. The fourth-order valence-corrected chi connectivity index (χ4v) is 13.2. The van der Waals surface area contributed by atoms with Gasteiger partial charge in [-0.2, -0.15) is 0 Å². The maximum atomic E-state index is 14.2. The lowest BCUT2D eigenvalue weighted by atomic mass is 9.72. The first-order chi connectivity index (χ1) is 41.8. The van der Waals surface area contributed by atoms with Gasteiger partial charge in [0.25, 0.3) is 33.4 Å². The molecule has 0 bridgehead atoms. The van der Waals surface area contributed by atoms with Gasteiger partial charge >= 0.3 is 0 Å². The van der Waals surface area contributed by atoms with Gasteiger partial charge in [0.2, 0.25) is 17.7 Å². The number of ether oxygens (including phenoxy) is 1. The number of sulfonamides is 1. The fourth-order valence-electron chi connectivity index (χ4n) is 12.1. The topological polar surface area (TPSA) is 267 Å². The summed E-state index contributed by atoms with van der Waals surface area (Å²) >= 11 is 6.27. The lowest BCUT2D eigenvalue weighted by Crippen LogP contribution is -2.54. The minimum atomic E-state index is -4.68. The van der Waals surface area contributed by atoms with Gasteiger partial charge in [0.1, 0.15) is 28.9 Å². The third kappa shape index (κ3) is 13.4. The maximum absolute atomic E-state index is 14.2. The Balaban J connectivity index is 0.688. The monoisotopic (exact) mass is 1220 g/mol. The number of unbranched alkanes of at least 4 members (excludes halogenated alkanes) is 1. The number of carbonyl (C=O) groups excluding carboxylic acids is 6. The number of anilines is 2. The van der Waals surface area contributed by atoms with Crippen molar-refractivity contribution < 1.29 is 46.8 Å². The highest BCUT2D eigenvalue weighted by atomic mass is 35.5. The summed E-state index contributed by atoms with van der Waals surface area (Å²) in [5.74, 6) is 2.91. The summed E-state index contributed by atoms with van der Waals surface area (Å²) in [6.07, 6.45) is 8.62. The SMILES string of the molecule is CC1(C)CCC(CN2CCN(c3ccc(C(=O)NS(=O)(=O)c4ccc(NCC5CCN(C(=O)CCCC#Cc6cccc7c6C(=O)N(C6CCC(=O)NC6=O)C7=O)CC5)c([N+](=O)[O-])c4)c(Oc4cnc5[nH]ccc5c4)c3)CC2)=C(c2ccc(Cl)cc2)C1. The molecule has 6 amide bonds. The number of aromatic nitrogens is 2. The van der Waals surface area contributed by atoms with Gasteiger partial charge in [-0.15, -0.1) is 0 Å². The number of nitrogens with one attached hydrogen (secondary N) is 4. The number of hydrogen-bond acceptors (Lipinski definition) is 15. The number of allylic oxidation sites excluding steroid dienone is 1. The second kappa shape index (κ2) is 25.2. The van der Waals surface area contributed by atoms with E-state index < -0.39 is 61.1 Å². The molecule has 1 atom stereocenters. The first kappa shape index (κ1) is 59.8. The predicted molar refractivity (Wildman–Crippen MR) is 327 cm³/mol. The molecular formula is C64H65ClN10O11S. The summed E-state index contributed by atoms with van der Waals surface area (Å²) in [5, 5.41) is 19.2. The molecule has 3 fully saturated rings. The van der Waals surface area contributed by atoms with Crippen molar-refractivity contribution in [2.24, 2.45) is 11.3 Å². The molecule has 11 rings (SSSR count). The van der Waals surface area contributed by atoms with Gasteiger partial charge in [-0.25, -0.2) is 18.1 Å². The highest BCUT2D eigenvalue weighted by Gasteiger charge is 2.45. The molecule has 0 radical (unpaired) electrons. The molecule has 3 saturated heterocycles. The zero-order valence-electron chi connectivity index (χ0n) is 48.2. The number of imide groups is 2. The molecular weight excluding hydrogens is 1150 g/mol. The van der Waals surface area contributed by atoms with Gasteiger partial charge in [-0.05, 0) is 128 Å². The molecule has 0 spiro atoms. The number of aromatic amines is 1. The second-order valence-electron chi connectivity index (χ2n) is 23.5. The standard InChI is InChI=1S/C64H65ClN10O11S/c1-64(2)25-21-44(51(36-64)41-11-13-45(65)14-12-41)39-71-29-31-72(32-30-71)46-15-17-49(55(34-46)86-47-33-43-22-26-66-59(43)68-38-47)60(78)70-87(84,85)48-16-18-52(54(35-48)75(82)83)67-37-40-23-27-73(28-24-40)57(77)10-5-3-4-7-42-8-6-9-50-58(42)63(81)74(62(50)80)53-19-20-56(76)69-61(53)79/h6,8-9,11-18,22,26,33-35,38,40,53,67H,3,5,10,19-21,23-25,27-32,36-37,39H2,1-2H3,(H,66,68)(H,70,78)(H,69,76,79). The Kier molecular flexibility index (Phi) is 17.3. The van der Waals surface area contributed by atoms with Crippen LogP contribution in [-0.4, -0.2) is 132 Å². The molecule has 4 N–H and O–H groups in total. The van der Waals surface area contributed by atoms with Crippen LogP contribution in [0.15, 0.2) is 114 Å². The van der Waals surface area contributed by atoms with Crippen LogP contribution in [0.1, 0.15) is 120 Å². The fraction of sp³-hybridized carbons (Fsp3) is 0.359. The number of piperazine rings is 1. The smallest absolute Gasteiger partial charge is 0.293 e. The molecule has 21 nitrogen and oxygen atoms in total. The number of nitrogens with zero attached hydrogens (tertiary/aromatic N) is 6. The van der Waals surface area contributed by atoms with E-state index in [1.165, 1.54) is 47.2 Å². The molecule has 4 aromatic carbocycles. The number of amides is 6. The minimum absolute atomic E-state index is 0.00747. The van der Waals surface area contributed by atoms with Crippen molar-refractivity contribution in [3.63, 3.8) is 0 Å². The summed E-state index contributed by atoms with van der Waals surface area (Å²) in [5.41, 5.74) is 5.70. The number of benzene rings is 4. The van der Waals surface area contributed by atoms with Crippen molar-refractivity contribution in [1.82, 2.24) is 34.7 Å². The first-order valence-corrected chi connectivity index (χ1v) is 31.0. The molecule has 23 heteroatoms. The van der Waals surface area contributed by atoms with Crippen LogP contribution in [0.5, 0.6) is 11.5 Å². The number of nitro benzene ring substituents is 1. The van der Waals surface area contributed by atoms with E-state index in [2.05, 4.69) is 72.9 Å². The number of pyridine rings is 1. The Labute approximate surface area is 508 Å². The Morgan fingerprint density at radius 2 is 1.69 bits per heavy atom. The molecule has 1 unspecified atom stereocenters. The Hall–Kier alpha value is -8.91. The van der Waals surface area contributed by atoms with Crippen LogP contribution < -0.4 is 25.0 Å². The van der Waals surface area contributed by atoms with E-state index in [-0.39, 0.29) is 64.6 Å². The Bertz CT molecular complexity index is 3970. The van der Waals surface area contributed by atoms with Crippen molar-refractivity contribution >= 4 is 90.7 Å². The number of hydrogen-bond donors (Lipinski definition) is 4. The number of piperidine rings is 2. The number of carbonyl (C=O) groups is 6. The number of H-pyrrole nitrogens is 1. The third-order valence-corrected chi connectivity index (χ3v) is 18.6. The summed E-state index contributed by atoms with van der Waals surface area (Å²) in [4.78, 5) is 104. The number of rotatable bonds is 17. The van der Waals surface area contributed by atoms with Crippen LogP contribution in [0.2, 0.25) is 5.02 Å². The van der Waals surface area contributed by atoms with Crippen LogP contribution in [0.25, 0.3) is 16.6 Å². The second-order valence-corrected chi connectivity index (χ2v) is 25.6. The molecule has 6 aromatic rings. The van der Waals surface area contributed by atoms with Gasteiger partial charge in [-0.1, -0.05) is 61.1 Å². The van der Waals surface area contributed by atoms with Crippen molar-refractivity contribution in [3.8, 4) is 23.3 Å². The molecule has 1 aliphatic carbocycles. The highest BCUT2D eigenvalue weighted by Crippen LogP contribution is 2.44. The quantitative estimate of drug-likeness (QED) is 0.0218. The zero-order valence-corrected chi connectivity index (χ0v) is 49.7. The van der Waals surface area contributed by atoms with E-state index >= 15 is 0 Å². The van der Waals surface area contributed by atoms with E-state index in [1.54, 1.807) is 41.4 Å². The molecule has 450 valence electrons. The van der Waals surface area contributed by atoms with E-state index in [0.29, 0.717) is 80.4 Å².